The summed E-state index contributed by atoms with van der Waals surface area (Å²) in [6.45, 7) is 9.60. The first-order chi connectivity index (χ1) is 11.1. The molecule has 2 rings (SSSR count). The van der Waals surface area contributed by atoms with Crippen molar-refractivity contribution >= 4 is 11.8 Å². The van der Waals surface area contributed by atoms with Crippen molar-refractivity contribution in [3.05, 3.63) is 23.3 Å². The quantitative estimate of drug-likeness (QED) is 0.914. The minimum Gasteiger partial charge on any atom is -0.364 e. The van der Waals surface area contributed by atoms with Crippen LogP contribution in [0.2, 0.25) is 0 Å². The summed E-state index contributed by atoms with van der Waals surface area (Å²) in [5.41, 5.74) is 6.41. The highest BCUT2D eigenvalue weighted by molar-refractivity contribution is 5.90. The normalized spacial score (nSPS) is 18.5. The summed E-state index contributed by atoms with van der Waals surface area (Å²) in [6, 6.07) is 1.67. The Balaban J connectivity index is 2.03. The van der Waals surface area contributed by atoms with Gasteiger partial charge in [-0.1, -0.05) is 20.8 Å². The van der Waals surface area contributed by atoms with E-state index in [1.165, 1.54) is 0 Å². The van der Waals surface area contributed by atoms with E-state index in [4.69, 9.17) is 5.73 Å². The van der Waals surface area contributed by atoms with Gasteiger partial charge in [-0.05, 0) is 43.6 Å². The van der Waals surface area contributed by atoms with Crippen molar-refractivity contribution in [1.82, 2.24) is 14.9 Å². The van der Waals surface area contributed by atoms with Crippen molar-refractivity contribution < 1.29 is 9.59 Å². The Bertz CT molecular complexity index is 622. The van der Waals surface area contributed by atoms with Crippen LogP contribution >= 0.6 is 0 Å². The van der Waals surface area contributed by atoms with Crippen molar-refractivity contribution in [3.63, 3.8) is 0 Å². The third kappa shape index (κ3) is 5.28. The van der Waals surface area contributed by atoms with E-state index in [2.05, 4.69) is 30.7 Å². The highest BCUT2D eigenvalue weighted by Gasteiger charge is 2.27. The lowest BCUT2D eigenvalue weighted by atomic mass is 9.89. The molecule has 1 atom stereocenters. The van der Waals surface area contributed by atoms with Crippen molar-refractivity contribution in [2.24, 2.45) is 17.1 Å². The number of primary amides is 1. The van der Waals surface area contributed by atoms with Crippen LogP contribution in [0.3, 0.4) is 0 Å². The van der Waals surface area contributed by atoms with Crippen LogP contribution in [0.1, 0.15) is 62.0 Å². The topological polar surface area (TPSA) is 89.2 Å². The monoisotopic (exact) mass is 332 g/mol. The molecule has 0 saturated carbocycles. The minimum absolute atomic E-state index is 0.00415. The highest BCUT2D eigenvalue weighted by atomic mass is 16.2. The molecule has 2 amide bonds. The summed E-state index contributed by atoms with van der Waals surface area (Å²) in [4.78, 5) is 34.3. The maximum Gasteiger partial charge on any atom is 0.267 e. The maximum atomic E-state index is 12.4. The molecule has 1 aliphatic rings. The number of nitrogens with two attached hydrogens (primary N) is 1. The molecule has 0 bridgehead atoms. The number of rotatable bonds is 4. The van der Waals surface area contributed by atoms with Gasteiger partial charge in [0.1, 0.15) is 11.5 Å². The molecule has 0 radical (unpaired) electrons. The van der Waals surface area contributed by atoms with Gasteiger partial charge in [-0.3, -0.25) is 9.59 Å². The lowest BCUT2D eigenvalue weighted by Crippen LogP contribution is -2.41. The molecule has 1 aliphatic heterocycles. The molecule has 6 nitrogen and oxygen atoms in total. The van der Waals surface area contributed by atoms with E-state index in [-0.39, 0.29) is 17.0 Å². The van der Waals surface area contributed by atoms with E-state index >= 15 is 0 Å². The molecule has 2 heterocycles. The van der Waals surface area contributed by atoms with Gasteiger partial charge in [0, 0.05) is 25.2 Å². The third-order valence-electron chi connectivity index (χ3n) is 4.19. The summed E-state index contributed by atoms with van der Waals surface area (Å²) in [5, 5.41) is 0. The molecule has 1 fully saturated rings. The van der Waals surface area contributed by atoms with Crippen LogP contribution in [0.15, 0.2) is 6.07 Å². The van der Waals surface area contributed by atoms with Gasteiger partial charge in [0.25, 0.3) is 5.91 Å². The van der Waals surface area contributed by atoms with E-state index in [1.54, 1.807) is 13.0 Å². The van der Waals surface area contributed by atoms with Gasteiger partial charge in [0.15, 0.2) is 0 Å². The number of hydrogen-bond donors (Lipinski definition) is 1. The van der Waals surface area contributed by atoms with Gasteiger partial charge in [0.05, 0.1) is 0 Å². The lowest BCUT2D eigenvalue weighted by Gasteiger charge is -2.34. The van der Waals surface area contributed by atoms with E-state index in [9.17, 15) is 9.59 Å². The predicted molar refractivity (Wildman–Crippen MR) is 92.4 cm³/mol. The number of piperidine rings is 1. The first-order valence-corrected chi connectivity index (χ1v) is 8.56. The molecule has 1 saturated heterocycles. The summed E-state index contributed by atoms with van der Waals surface area (Å²) in [7, 11) is 0. The Hall–Kier alpha value is -1.98. The highest BCUT2D eigenvalue weighted by Crippen LogP contribution is 2.25. The Morgan fingerprint density at radius 1 is 1.33 bits per heavy atom. The first kappa shape index (κ1) is 18.4. The van der Waals surface area contributed by atoms with Crippen molar-refractivity contribution in [1.29, 1.82) is 0 Å². The van der Waals surface area contributed by atoms with Gasteiger partial charge >= 0.3 is 0 Å². The van der Waals surface area contributed by atoms with Crippen LogP contribution in [0, 0.1) is 18.3 Å². The van der Waals surface area contributed by atoms with Crippen LogP contribution in [0.25, 0.3) is 0 Å². The maximum absolute atomic E-state index is 12.4. The van der Waals surface area contributed by atoms with E-state index < -0.39 is 5.91 Å². The molecule has 2 N–H and O–H groups in total. The molecule has 1 aromatic rings. The van der Waals surface area contributed by atoms with Crippen LogP contribution in [0.5, 0.6) is 0 Å². The zero-order valence-corrected chi connectivity index (χ0v) is 15.1. The van der Waals surface area contributed by atoms with E-state index in [1.807, 2.05) is 4.90 Å². The van der Waals surface area contributed by atoms with Gasteiger partial charge in [0.2, 0.25) is 5.91 Å². The fourth-order valence-electron chi connectivity index (χ4n) is 3.18. The largest absolute Gasteiger partial charge is 0.364 e. The van der Waals surface area contributed by atoms with Gasteiger partial charge in [-0.2, -0.15) is 0 Å². The van der Waals surface area contributed by atoms with E-state index in [0.717, 1.165) is 38.0 Å². The smallest absolute Gasteiger partial charge is 0.267 e. The van der Waals surface area contributed by atoms with Crippen molar-refractivity contribution in [3.8, 4) is 0 Å². The Morgan fingerprint density at radius 3 is 2.67 bits per heavy atom. The summed E-state index contributed by atoms with van der Waals surface area (Å²) in [5.74, 6) is 0.603. The Morgan fingerprint density at radius 2 is 2.04 bits per heavy atom. The van der Waals surface area contributed by atoms with Crippen LogP contribution in [-0.2, 0) is 11.2 Å². The second-order valence-corrected chi connectivity index (χ2v) is 7.95. The van der Waals surface area contributed by atoms with Crippen LogP contribution < -0.4 is 5.73 Å². The first-order valence-electron chi connectivity index (χ1n) is 8.56. The Labute approximate surface area is 143 Å². The van der Waals surface area contributed by atoms with Crippen LogP contribution in [-0.4, -0.2) is 39.8 Å². The zero-order valence-electron chi connectivity index (χ0n) is 15.1. The average Bonchev–Trinajstić information content (AvgIpc) is 2.45. The average molecular weight is 332 g/mol. The van der Waals surface area contributed by atoms with Gasteiger partial charge in [-0.25, -0.2) is 9.97 Å². The molecule has 24 heavy (non-hydrogen) atoms. The second-order valence-electron chi connectivity index (χ2n) is 7.95. The number of aromatic nitrogens is 2. The summed E-state index contributed by atoms with van der Waals surface area (Å²) >= 11 is 0. The minimum atomic E-state index is -0.535. The SMILES string of the molecule is Cc1nc(CC2CCCN(C(=O)CC(C)(C)C)C2)cc(C(N)=O)n1. The van der Waals surface area contributed by atoms with Gasteiger partial charge < -0.3 is 10.6 Å². The fourth-order valence-corrected chi connectivity index (χ4v) is 3.18. The number of amides is 2. The van der Waals surface area contributed by atoms with Crippen LogP contribution in [0.4, 0.5) is 0 Å². The standard InChI is InChI=1S/C18H28N4O2/c1-12-20-14(9-15(21-12)17(19)24)8-13-6-5-7-22(11-13)16(23)10-18(2,3)4/h9,13H,5-8,10-11H2,1-4H3,(H2,19,24). The molecule has 1 unspecified atom stereocenters. The van der Waals surface area contributed by atoms with Crippen molar-refractivity contribution in [2.75, 3.05) is 13.1 Å². The number of nitrogens with zero attached hydrogens (tertiary/aromatic N) is 3. The number of carbonyl (C=O) groups is 2. The fraction of sp³-hybridized carbons (Fsp3) is 0.667. The number of carbonyl (C=O) groups excluding carboxylic acids is 2. The van der Waals surface area contributed by atoms with E-state index in [0.29, 0.717) is 18.2 Å². The lowest BCUT2D eigenvalue weighted by molar-refractivity contribution is -0.134. The van der Waals surface area contributed by atoms with Crippen molar-refractivity contribution in [2.45, 2.75) is 53.4 Å². The number of likely N-dealkylation sites (tertiary alicyclic amines) is 1. The molecule has 0 aromatic carbocycles. The molecular formula is C18H28N4O2. The molecule has 132 valence electrons. The molecular weight excluding hydrogens is 304 g/mol. The third-order valence-corrected chi connectivity index (χ3v) is 4.19. The predicted octanol–water partition coefficient (Wildman–Crippen LogP) is 2.10. The number of hydrogen-bond acceptors (Lipinski definition) is 4. The zero-order chi connectivity index (χ0) is 17.9. The molecule has 0 aliphatic carbocycles. The summed E-state index contributed by atoms with van der Waals surface area (Å²) in [6.07, 6.45) is 3.38. The van der Waals surface area contributed by atoms with Gasteiger partial charge in [-0.15, -0.1) is 0 Å². The Kier molecular flexibility index (Phi) is 5.57. The second kappa shape index (κ2) is 7.28. The molecule has 6 heteroatoms. The summed E-state index contributed by atoms with van der Waals surface area (Å²) < 4.78 is 0. The molecule has 1 aromatic heterocycles. The molecule has 0 spiro atoms. The number of aryl methyl sites for hydroxylation is 1.